The van der Waals surface area contributed by atoms with Gasteiger partial charge in [0.25, 0.3) is 0 Å². The largest absolute Gasteiger partial charge is 0.0958 e. The fourth-order valence-corrected chi connectivity index (χ4v) is 1.25. The minimum atomic E-state index is 1.12. The third-order valence-corrected chi connectivity index (χ3v) is 2.02. The summed E-state index contributed by atoms with van der Waals surface area (Å²) < 4.78 is 0. The van der Waals surface area contributed by atoms with E-state index in [1.165, 1.54) is 24.0 Å². The Labute approximate surface area is 75.0 Å². The molecule has 0 saturated heterocycles. The van der Waals surface area contributed by atoms with Crippen LogP contribution in [0.25, 0.3) is 0 Å². The fraction of sp³-hybridized carbons (Fsp3) is 0.333. The van der Waals surface area contributed by atoms with Gasteiger partial charge in [0.2, 0.25) is 0 Å². The summed E-state index contributed by atoms with van der Waals surface area (Å²) >= 11 is 0. The predicted molar refractivity (Wildman–Crippen MR) is 55.0 cm³/mol. The predicted octanol–water partition coefficient (Wildman–Crippen LogP) is 3.79. The highest BCUT2D eigenvalue weighted by Gasteiger charge is 1.94. The van der Waals surface area contributed by atoms with Gasteiger partial charge in [0.05, 0.1) is 0 Å². The standard InChI is InChI=1S/C12H16/c1-11-7-3-5-9-12(2)10-6-4-8-11/h3,5,7,9H,1-2,4,6,8,10H2/b7-3-,9-5-. The van der Waals surface area contributed by atoms with E-state index >= 15 is 0 Å². The molecule has 0 aromatic carbocycles. The summed E-state index contributed by atoms with van der Waals surface area (Å²) in [7, 11) is 0. The van der Waals surface area contributed by atoms with Crippen molar-refractivity contribution in [3.8, 4) is 0 Å². The topological polar surface area (TPSA) is 0 Å². The molecule has 0 heterocycles. The van der Waals surface area contributed by atoms with E-state index in [1.807, 2.05) is 12.2 Å². The van der Waals surface area contributed by atoms with Gasteiger partial charge >= 0.3 is 0 Å². The highest BCUT2D eigenvalue weighted by atomic mass is 14.0. The third kappa shape index (κ3) is 3.38. The van der Waals surface area contributed by atoms with Crippen LogP contribution in [0.5, 0.6) is 0 Å². The summed E-state index contributed by atoms with van der Waals surface area (Å²) in [6, 6.07) is 0. The van der Waals surface area contributed by atoms with Crippen molar-refractivity contribution in [2.45, 2.75) is 25.7 Å². The second-order valence-electron chi connectivity index (χ2n) is 3.24. The zero-order valence-electron chi connectivity index (χ0n) is 7.55. The first kappa shape index (κ1) is 9.05. The lowest BCUT2D eigenvalue weighted by atomic mass is 10.0. The highest BCUT2D eigenvalue weighted by Crippen LogP contribution is 2.14. The van der Waals surface area contributed by atoms with Gasteiger partial charge in [-0.2, -0.15) is 0 Å². The van der Waals surface area contributed by atoms with Crippen LogP contribution in [0.4, 0.5) is 0 Å². The molecule has 0 spiro atoms. The van der Waals surface area contributed by atoms with Crippen LogP contribution < -0.4 is 0 Å². The summed E-state index contributed by atoms with van der Waals surface area (Å²) in [5.74, 6) is 0. The molecule has 0 saturated carbocycles. The minimum Gasteiger partial charge on any atom is -0.0958 e. The van der Waals surface area contributed by atoms with E-state index in [9.17, 15) is 0 Å². The van der Waals surface area contributed by atoms with Crippen LogP contribution in [0.3, 0.4) is 0 Å². The Morgan fingerprint density at radius 3 is 1.67 bits per heavy atom. The molecule has 0 aromatic heterocycles. The summed E-state index contributed by atoms with van der Waals surface area (Å²) in [4.78, 5) is 0. The van der Waals surface area contributed by atoms with Crippen molar-refractivity contribution in [3.63, 3.8) is 0 Å². The van der Waals surface area contributed by atoms with Gasteiger partial charge < -0.3 is 0 Å². The second kappa shape index (κ2) is 4.76. The first-order valence-electron chi connectivity index (χ1n) is 4.49. The van der Waals surface area contributed by atoms with E-state index in [0.29, 0.717) is 0 Å². The normalized spacial score (nSPS) is 25.0. The summed E-state index contributed by atoms with van der Waals surface area (Å²) in [5, 5.41) is 0. The van der Waals surface area contributed by atoms with Gasteiger partial charge in [0, 0.05) is 0 Å². The zero-order chi connectivity index (χ0) is 8.81. The molecular formula is C12H16. The molecule has 0 fully saturated rings. The second-order valence-corrected chi connectivity index (χ2v) is 3.24. The van der Waals surface area contributed by atoms with Crippen molar-refractivity contribution < 1.29 is 0 Å². The lowest BCUT2D eigenvalue weighted by Gasteiger charge is -2.03. The average molecular weight is 160 g/mol. The number of rotatable bonds is 0. The van der Waals surface area contributed by atoms with Gasteiger partial charge in [0.15, 0.2) is 0 Å². The van der Waals surface area contributed by atoms with Crippen LogP contribution in [-0.2, 0) is 0 Å². The van der Waals surface area contributed by atoms with E-state index < -0.39 is 0 Å². The van der Waals surface area contributed by atoms with Crippen molar-refractivity contribution in [3.05, 3.63) is 48.6 Å². The van der Waals surface area contributed by atoms with Crippen LogP contribution in [-0.4, -0.2) is 0 Å². The lowest BCUT2D eigenvalue weighted by molar-refractivity contribution is 0.740. The van der Waals surface area contributed by atoms with Gasteiger partial charge in [-0.3, -0.25) is 0 Å². The maximum atomic E-state index is 3.96. The van der Waals surface area contributed by atoms with Crippen LogP contribution in [0.2, 0.25) is 0 Å². The van der Waals surface area contributed by atoms with Crippen LogP contribution in [0.15, 0.2) is 48.6 Å². The molecule has 0 nitrogen and oxygen atoms in total. The fourth-order valence-electron chi connectivity index (χ4n) is 1.25. The Balaban J connectivity index is 2.59. The molecule has 0 unspecified atom stereocenters. The number of allylic oxidation sites excluding steroid dienone is 6. The van der Waals surface area contributed by atoms with Crippen LogP contribution in [0.1, 0.15) is 25.7 Å². The van der Waals surface area contributed by atoms with Crippen molar-refractivity contribution in [2.75, 3.05) is 0 Å². The van der Waals surface area contributed by atoms with E-state index in [2.05, 4.69) is 25.3 Å². The summed E-state index contributed by atoms with van der Waals surface area (Å²) in [6.07, 6.45) is 12.9. The Bertz CT molecular complexity index is 202. The van der Waals surface area contributed by atoms with Crippen molar-refractivity contribution in [1.29, 1.82) is 0 Å². The molecule has 0 N–H and O–H groups in total. The maximum absolute atomic E-state index is 3.96. The summed E-state index contributed by atoms with van der Waals surface area (Å²) in [5.41, 5.74) is 2.46. The molecule has 1 aliphatic carbocycles. The van der Waals surface area contributed by atoms with E-state index in [-0.39, 0.29) is 0 Å². The quantitative estimate of drug-likeness (QED) is 0.506. The maximum Gasteiger partial charge on any atom is -0.0285 e. The van der Waals surface area contributed by atoms with Gasteiger partial charge in [-0.15, -0.1) is 0 Å². The van der Waals surface area contributed by atoms with E-state index in [0.717, 1.165) is 12.8 Å². The van der Waals surface area contributed by atoms with Crippen molar-refractivity contribution in [1.82, 2.24) is 0 Å². The zero-order valence-corrected chi connectivity index (χ0v) is 7.55. The molecule has 0 heteroatoms. The first-order chi connectivity index (χ1) is 5.79. The molecule has 0 bridgehead atoms. The molecule has 0 aromatic rings. The van der Waals surface area contributed by atoms with Gasteiger partial charge in [-0.25, -0.2) is 0 Å². The van der Waals surface area contributed by atoms with Crippen molar-refractivity contribution >= 4 is 0 Å². The molecule has 1 rings (SSSR count). The van der Waals surface area contributed by atoms with Gasteiger partial charge in [-0.1, -0.05) is 48.6 Å². The monoisotopic (exact) mass is 160 g/mol. The molecule has 64 valence electrons. The van der Waals surface area contributed by atoms with Gasteiger partial charge in [0.1, 0.15) is 0 Å². The molecular weight excluding hydrogens is 144 g/mol. The Hall–Kier alpha value is -1.04. The number of hydrogen-bond acceptors (Lipinski definition) is 0. The van der Waals surface area contributed by atoms with E-state index in [1.54, 1.807) is 0 Å². The Morgan fingerprint density at radius 2 is 1.25 bits per heavy atom. The lowest BCUT2D eigenvalue weighted by Crippen LogP contribution is -1.83. The van der Waals surface area contributed by atoms with Gasteiger partial charge in [-0.05, 0) is 25.7 Å². The molecule has 0 radical (unpaired) electrons. The Kier molecular flexibility index (Phi) is 3.59. The SMILES string of the molecule is C=C1/C=C\C=C/C(=C)CCCC1. The molecule has 0 amide bonds. The first-order valence-corrected chi connectivity index (χ1v) is 4.49. The summed E-state index contributed by atoms with van der Waals surface area (Å²) in [6.45, 7) is 7.93. The average Bonchev–Trinajstić information content (AvgIpc) is 2.06. The Morgan fingerprint density at radius 1 is 0.833 bits per heavy atom. The highest BCUT2D eigenvalue weighted by molar-refractivity contribution is 5.24. The molecule has 0 atom stereocenters. The van der Waals surface area contributed by atoms with Crippen LogP contribution >= 0.6 is 0 Å². The molecule has 12 heavy (non-hydrogen) atoms. The smallest absolute Gasteiger partial charge is 0.0285 e. The van der Waals surface area contributed by atoms with Crippen molar-refractivity contribution in [2.24, 2.45) is 0 Å². The molecule has 1 aliphatic rings. The van der Waals surface area contributed by atoms with E-state index in [4.69, 9.17) is 0 Å². The minimum absolute atomic E-state index is 1.12. The number of hydrogen-bond donors (Lipinski definition) is 0. The molecule has 0 aliphatic heterocycles. The third-order valence-electron chi connectivity index (χ3n) is 2.02. The van der Waals surface area contributed by atoms with Crippen LogP contribution in [0, 0.1) is 0 Å².